The molecule has 0 saturated carbocycles. The van der Waals surface area contributed by atoms with Gasteiger partial charge in [0.1, 0.15) is 12.4 Å². The molecule has 2 aromatic carbocycles. The molecule has 0 unspecified atom stereocenters. The number of nitrogens with zero attached hydrogens (tertiary/aromatic N) is 1. The summed E-state index contributed by atoms with van der Waals surface area (Å²) in [5, 5.41) is 4.04. The van der Waals surface area contributed by atoms with Crippen LogP contribution in [-0.4, -0.2) is 38.7 Å². The number of hydrogen-bond acceptors (Lipinski definition) is 4. The first kappa shape index (κ1) is 21.5. The molecule has 0 atom stereocenters. The average Bonchev–Trinajstić information content (AvgIpc) is 2.63. The monoisotopic (exact) mass is 394 g/mol. The minimum atomic E-state index is -0.265. The van der Waals surface area contributed by atoms with Crippen LogP contribution in [-0.2, 0) is 13.2 Å². The maximum Gasteiger partial charge on any atom is 0.163 e. The first-order chi connectivity index (χ1) is 13.0. The second kappa shape index (κ2) is 11.1. The zero-order valence-electron chi connectivity index (χ0n) is 16.2. The molecule has 0 aliphatic heterocycles. The third kappa shape index (κ3) is 7.37. The van der Waals surface area contributed by atoms with E-state index in [9.17, 15) is 4.39 Å². The van der Waals surface area contributed by atoms with E-state index >= 15 is 0 Å². The molecule has 2 aromatic rings. The first-order valence-electron chi connectivity index (χ1n) is 9.17. The molecule has 148 valence electrons. The molecule has 0 spiro atoms. The minimum Gasteiger partial charge on any atom is -0.490 e. The Morgan fingerprint density at radius 1 is 1.07 bits per heavy atom. The predicted octanol–water partition coefficient (Wildman–Crippen LogP) is 4.50. The summed E-state index contributed by atoms with van der Waals surface area (Å²) in [6.07, 6.45) is 1.07. The topological polar surface area (TPSA) is 33.7 Å². The summed E-state index contributed by atoms with van der Waals surface area (Å²) >= 11 is 6.43. The van der Waals surface area contributed by atoms with E-state index in [0.717, 1.165) is 30.6 Å². The fourth-order valence-corrected chi connectivity index (χ4v) is 2.80. The van der Waals surface area contributed by atoms with E-state index in [1.807, 2.05) is 13.0 Å². The standard InChI is InChI=1S/C21H28ClFN2O2/c1-4-26-20-12-17(14-24-10-5-11-25(2)3)19(22)13-21(20)27-15-16-6-8-18(23)9-7-16/h6-9,12-13,24H,4-5,10-11,14-15H2,1-3H3. The number of ether oxygens (including phenoxy) is 2. The lowest BCUT2D eigenvalue weighted by Crippen LogP contribution is -2.21. The summed E-state index contributed by atoms with van der Waals surface area (Å²) in [4.78, 5) is 2.16. The van der Waals surface area contributed by atoms with E-state index in [1.165, 1.54) is 12.1 Å². The summed E-state index contributed by atoms with van der Waals surface area (Å²) in [7, 11) is 4.13. The lowest BCUT2D eigenvalue weighted by Gasteiger charge is -2.16. The first-order valence-corrected chi connectivity index (χ1v) is 9.55. The average molecular weight is 395 g/mol. The molecule has 0 aliphatic rings. The van der Waals surface area contributed by atoms with E-state index in [0.29, 0.717) is 36.3 Å². The van der Waals surface area contributed by atoms with Crippen LogP contribution in [0.15, 0.2) is 36.4 Å². The highest BCUT2D eigenvalue weighted by Gasteiger charge is 2.11. The number of nitrogens with one attached hydrogen (secondary N) is 1. The summed E-state index contributed by atoms with van der Waals surface area (Å²) < 4.78 is 24.6. The van der Waals surface area contributed by atoms with E-state index < -0.39 is 0 Å². The molecule has 2 rings (SSSR count). The van der Waals surface area contributed by atoms with Gasteiger partial charge in [-0.3, -0.25) is 0 Å². The van der Waals surface area contributed by atoms with Gasteiger partial charge in [0, 0.05) is 17.6 Å². The highest BCUT2D eigenvalue weighted by molar-refractivity contribution is 6.31. The van der Waals surface area contributed by atoms with Crippen molar-refractivity contribution in [2.75, 3.05) is 33.8 Å². The van der Waals surface area contributed by atoms with Crippen molar-refractivity contribution in [3.05, 3.63) is 58.4 Å². The molecule has 0 saturated heterocycles. The van der Waals surface area contributed by atoms with Gasteiger partial charge in [-0.1, -0.05) is 23.7 Å². The van der Waals surface area contributed by atoms with Crippen LogP contribution in [0.2, 0.25) is 5.02 Å². The number of rotatable bonds is 11. The molecule has 27 heavy (non-hydrogen) atoms. The van der Waals surface area contributed by atoms with E-state index in [4.69, 9.17) is 21.1 Å². The molecular weight excluding hydrogens is 367 g/mol. The van der Waals surface area contributed by atoms with Crippen molar-refractivity contribution in [2.45, 2.75) is 26.5 Å². The van der Waals surface area contributed by atoms with Crippen molar-refractivity contribution in [2.24, 2.45) is 0 Å². The lowest BCUT2D eigenvalue weighted by molar-refractivity contribution is 0.269. The molecule has 0 heterocycles. The van der Waals surface area contributed by atoms with Gasteiger partial charge >= 0.3 is 0 Å². The second-order valence-electron chi connectivity index (χ2n) is 6.57. The van der Waals surface area contributed by atoms with Gasteiger partial charge in [0.25, 0.3) is 0 Å². The van der Waals surface area contributed by atoms with Gasteiger partial charge < -0.3 is 19.7 Å². The highest BCUT2D eigenvalue weighted by Crippen LogP contribution is 2.34. The Morgan fingerprint density at radius 3 is 2.44 bits per heavy atom. The van der Waals surface area contributed by atoms with Crippen LogP contribution in [0.4, 0.5) is 4.39 Å². The SMILES string of the molecule is CCOc1cc(CNCCCN(C)C)c(Cl)cc1OCc1ccc(F)cc1. The van der Waals surface area contributed by atoms with Gasteiger partial charge in [-0.2, -0.15) is 0 Å². The Morgan fingerprint density at radius 2 is 1.78 bits per heavy atom. The molecule has 0 aromatic heterocycles. The molecule has 6 heteroatoms. The van der Waals surface area contributed by atoms with Crippen molar-refractivity contribution in [3.8, 4) is 11.5 Å². The molecule has 0 amide bonds. The van der Waals surface area contributed by atoms with Gasteiger partial charge in [-0.05, 0) is 69.9 Å². The third-order valence-electron chi connectivity index (χ3n) is 3.99. The van der Waals surface area contributed by atoms with Crippen LogP contribution < -0.4 is 14.8 Å². The van der Waals surface area contributed by atoms with E-state index in [1.54, 1.807) is 18.2 Å². The fourth-order valence-electron chi connectivity index (χ4n) is 2.58. The number of benzene rings is 2. The smallest absolute Gasteiger partial charge is 0.163 e. The molecule has 0 aliphatic carbocycles. The quantitative estimate of drug-likeness (QED) is 0.569. The van der Waals surface area contributed by atoms with Gasteiger partial charge in [0.05, 0.1) is 6.61 Å². The highest BCUT2D eigenvalue weighted by atomic mass is 35.5. The van der Waals surface area contributed by atoms with Gasteiger partial charge in [0.2, 0.25) is 0 Å². The minimum absolute atomic E-state index is 0.265. The second-order valence-corrected chi connectivity index (χ2v) is 6.98. The Labute approximate surface area is 166 Å². The Balaban J connectivity index is 2.00. The Bertz CT molecular complexity index is 708. The van der Waals surface area contributed by atoms with Gasteiger partial charge in [0.15, 0.2) is 11.5 Å². The zero-order chi connectivity index (χ0) is 19.6. The van der Waals surface area contributed by atoms with Crippen LogP contribution >= 0.6 is 11.6 Å². The molecule has 1 N–H and O–H groups in total. The molecule has 0 fully saturated rings. The predicted molar refractivity (Wildman–Crippen MR) is 108 cm³/mol. The normalized spacial score (nSPS) is 11.0. The lowest BCUT2D eigenvalue weighted by atomic mass is 10.2. The van der Waals surface area contributed by atoms with Crippen molar-refractivity contribution >= 4 is 11.6 Å². The zero-order valence-corrected chi connectivity index (χ0v) is 17.0. The van der Waals surface area contributed by atoms with E-state index in [-0.39, 0.29) is 5.82 Å². The van der Waals surface area contributed by atoms with Crippen LogP contribution in [0.3, 0.4) is 0 Å². The maximum absolute atomic E-state index is 13.0. The molecule has 0 bridgehead atoms. The molecular formula is C21H28ClFN2O2. The van der Waals surface area contributed by atoms with E-state index in [2.05, 4.69) is 24.3 Å². The number of hydrogen-bond donors (Lipinski definition) is 1. The van der Waals surface area contributed by atoms with Crippen molar-refractivity contribution in [1.29, 1.82) is 0 Å². The van der Waals surface area contributed by atoms with Crippen molar-refractivity contribution in [1.82, 2.24) is 10.2 Å². The van der Waals surface area contributed by atoms with Crippen molar-refractivity contribution in [3.63, 3.8) is 0 Å². The summed E-state index contributed by atoms with van der Waals surface area (Å²) in [5.41, 5.74) is 1.85. The van der Waals surface area contributed by atoms with Gasteiger partial charge in [-0.15, -0.1) is 0 Å². The Hall–Kier alpha value is -1.82. The Kier molecular flexibility index (Phi) is 8.85. The third-order valence-corrected chi connectivity index (χ3v) is 4.35. The van der Waals surface area contributed by atoms with Gasteiger partial charge in [-0.25, -0.2) is 4.39 Å². The van der Waals surface area contributed by atoms with Crippen LogP contribution in [0.1, 0.15) is 24.5 Å². The van der Waals surface area contributed by atoms with Crippen molar-refractivity contribution < 1.29 is 13.9 Å². The molecule has 0 radical (unpaired) electrons. The van der Waals surface area contributed by atoms with Crippen LogP contribution in [0.5, 0.6) is 11.5 Å². The van der Waals surface area contributed by atoms with Crippen LogP contribution in [0.25, 0.3) is 0 Å². The summed E-state index contributed by atoms with van der Waals surface area (Å²) in [5.74, 6) is 0.982. The summed E-state index contributed by atoms with van der Waals surface area (Å²) in [6.45, 7) is 5.41. The largest absolute Gasteiger partial charge is 0.490 e. The summed E-state index contributed by atoms with van der Waals surface area (Å²) in [6, 6.07) is 9.94. The molecule has 4 nitrogen and oxygen atoms in total. The van der Waals surface area contributed by atoms with Crippen LogP contribution in [0, 0.1) is 5.82 Å². The number of halogens is 2. The fraction of sp³-hybridized carbons (Fsp3) is 0.429. The maximum atomic E-state index is 13.0.